The van der Waals surface area contributed by atoms with Gasteiger partial charge in [-0.1, -0.05) is 0 Å². The average molecular weight is 393 g/mol. The van der Waals surface area contributed by atoms with E-state index in [1.807, 2.05) is 24.3 Å². The zero-order valence-corrected chi connectivity index (χ0v) is 16.2. The van der Waals surface area contributed by atoms with Crippen molar-refractivity contribution in [3.05, 3.63) is 64.9 Å². The predicted octanol–water partition coefficient (Wildman–Crippen LogP) is 3.38. The van der Waals surface area contributed by atoms with Crippen LogP contribution in [0, 0.1) is 0 Å². The van der Waals surface area contributed by atoms with Crippen LogP contribution in [-0.2, 0) is 9.53 Å². The van der Waals surface area contributed by atoms with Gasteiger partial charge in [0.1, 0.15) is 18.1 Å². The maximum atomic E-state index is 12.3. The highest BCUT2D eigenvalue weighted by Gasteiger charge is 2.26. The smallest absolute Gasteiger partial charge is 0.363 e. The van der Waals surface area contributed by atoms with E-state index in [1.165, 1.54) is 0 Å². The van der Waals surface area contributed by atoms with Crippen molar-refractivity contribution >= 4 is 17.9 Å². The quantitative estimate of drug-likeness (QED) is 0.573. The van der Waals surface area contributed by atoms with Crippen LogP contribution in [0.25, 0.3) is 6.08 Å². The van der Waals surface area contributed by atoms with Crippen molar-refractivity contribution in [3.8, 4) is 23.0 Å². The Morgan fingerprint density at radius 1 is 1.00 bits per heavy atom. The fourth-order valence-corrected chi connectivity index (χ4v) is 3.05. The van der Waals surface area contributed by atoms with Crippen LogP contribution in [-0.4, -0.2) is 39.8 Å². The van der Waals surface area contributed by atoms with Gasteiger partial charge in [0.05, 0.1) is 21.3 Å². The minimum absolute atomic E-state index is 0.210. The second-order valence-corrected chi connectivity index (χ2v) is 6.32. The number of cyclic esters (lactones) is 1. The van der Waals surface area contributed by atoms with E-state index in [9.17, 15) is 4.79 Å². The molecule has 148 valence electrons. The summed E-state index contributed by atoms with van der Waals surface area (Å²) in [5.74, 6) is 2.26. The van der Waals surface area contributed by atoms with Gasteiger partial charge in [-0.15, -0.1) is 0 Å². The lowest BCUT2D eigenvalue weighted by Crippen LogP contribution is -2.08. The highest BCUT2D eigenvalue weighted by atomic mass is 16.6. The number of rotatable bonds is 5. The molecular formula is C22H19NO6. The maximum Gasteiger partial charge on any atom is 0.363 e. The average Bonchev–Trinajstić information content (AvgIpc) is 3.12. The van der Waals surface area contributed by atoms with Crippen molar-refractivity contribution in [2.75, 3.05) is 27.9 Å². The molecule has 0 atom stereocenters. The number of benzene rings is 2. The standard InChI is InChI=1S/C22H19NO6/c1-25-16-6-4-14-8-13(12-28-19(14)11-16)9-17-22(24)29-21(23-17)15-5-7-18(26-2)20(10-15)27-3/h4-11H,12H2,1-3H3/b17-9+. The first kappa shape index (κ1) is 18.6. The van der Waals surface area contributed by atoms with Crippen molar-refractivity contribution in [1.82, 2.24) is 0 Å². The van der Waals surface area contributed by atoms with Gasteiger partial charge in [0.25, 0.3) is 0 Å². The lowest BCUT2D eigenvalue weighted by atomic mass is 10.1. The van der Waals surface area contributed by atoms with E-state index in [1.54, 1.807) is 45.6 Å². The van der Waals surface area contributed by atoms with Crippen LogP contribution >= 0.6 is 0 Å². The van der Waals surface area contributed by atoms with E-state index in [0.717, 1.165) is 22.6 Å². The monoisotopic (exact) mass is 393 g/mol. The predicted molar refractivity (Wildman–Crippen MR) is 107 cm³/mol. The molecule has 29 heavy (non-hydrogen) atoms. The first-order valence-corrected chi connectivity index (χ1v) is 8.87. The number of aliphatic imine (C=N–C) groups is 1. The molecule has 0 saturated heterocycles. The zero-order valence-electron chi connectivity index (χ0n) is 16.2. The molecule has 2 aromatic carbocycles. The van der Waals surface area contributed by atoms with Gasteiger partial charge in [-0.05, 0) is 48.1 Å². The third kappa shape index (κ3) is 3.67. The van der Waals surface area contributed by atoms with Crippen LogP contribution in [0.2, 0.25) is 0 Å². The fraction of sp³-hybridized carbons (Fsp3) is 0.182. The Balaban J connectivity index is 1.62. The van der Waals surface area contributed by atoms with Crippen LogP contribution in [0.3, 0.4) is 0 Å². The molecule has 0 radical (unpaired) electrons. The number of ether oxygens (including phenoxy) is 5. The van der Waals surface area contributed by atoms with Gasteiger partial charge in [0, 0.05) is 17.2 Å². The Hall–Kier alpha value is -3.74. The van der Waals surface area contributed by atoms with Crippen LogP contribution in [0.4, 0.5) is 0 Å². The first-order valence-electron chi connectivity index (χ1n) is 8.87. The summed E-state index contributed by atoms with van der Waals surface area (Å²) in [5.41, 5.74) is 2.54. The molecule has 0 bridgehead atoms. The summed E-state index contributed by atoms with van der Waals surface area (Å²) in [5, 5.41) is 0. The van der Waals surface area contributed by atoms with Crippen molar-refractivity contribution in [2.24, 2.45) is 4.99 Å². The number of fused-ring (bicyclic) bond motifs is 1. The molecule has 2 aromatic rings. The molecule has 0 aromatic heterocycles. The molecule has 0 fully saturated rings. The molecule has 0 amide bonds. The first-order chi connectivity index (χ1) is 14.1. The minimum atomic E-state index is -0.517. The number of hydrogen-bond donors (Lipinski definition) is 0. The summed E-state index contributed by atoms with van der Waals surface area (Å²) in [6, 6.07) is 10.8. The number of esters is 1. The Morgan fingerprint density at radius 3 is 2.59 bits per heavy atom. The summed E-state index contributed by atoms with van der Waals surface area (Å²) in [6.07, 6.45) is 3.62. The largest absolute Gasteiger partial charge is 0.497 e. The molecule has 7 nitrogen and oxygen atoms in total. The summed E-state index contributed by atoms with van der Waals surface area (Å²) in [4.78, 5) is 16.6. The lowest BCUT2D eigenvalue weighted by molar-refractivity contribution is -0.130. The Bertz CT molecular complexity index is 1070. The molecule has 0 N–H and O–H groups in total. The van der Waals surface area contributed by atoms with Gasteiger partial charge in [-0.3, -0.25) is 0 Å². The van der Waals surface area contributed by atoms with Gasteiger partial charge in [-0.25, -0.2) is 9.79 Å². The number of nitrogens with zero attached hydrogens (tertiary/aromatic N) is 1. The molecule has 0 spiro atoms. The van der Waals surface area contributed by atoms with Crippen molar-refractivity contribution in [2.45, 2.75) is 0 Å². The van der Waals surface area contributed by atoms with Gasteiger partial charge in [0.15, 0.2) is 17.2 Å². The molecule has 2 aliphatic heterocycles. The number of carbonyl (C=O) groups excluding carboxylic acids is 1. The Labute approximate surface area is 167 Å². The summed E-state index contributed by atoms with van der Waals surface area (Å²) in [6.45, 7) is 0.318. The highest BCUT2D eigenvalue weighted by Crippen LogP contribution is 2.32. The molecule has 2 aliphatic rings. The van der Waals surface area contributed by atoms with Crippen molar-refractivity contribution < 1.29 is 28.5 Å². The molecular weight excluding hydrogens is 374 g/mol. The zero-order chi connectivity index (χ0) is 20.4. The summed E-state index contributed by atoms with van der Waals surface area (Å²) in [7, 11) is 4.70. The molecule has 4 rings (SSSR count). The number of methoxy groups -OCH3 is 3. The van der Waals surface area contributed by atoms with E-state index in [4.69, 9.17) is 23.7 Å². The molecule has 0 saturated carbocycles. The Morgan fingerprint density at radius 2 is 1.83 bits per heavy atom. The molecule has 0 unspecified atom stereocenters. The molecule has 7 heteroatoms. The van der Waals surface area contributed by atoms with Crippen LogP contribution in [0.5, 0.6) is 23.0 Å². The second-order valence-electron chi connectivity index (χ2n) is 6.32. The van der Waals surface area contributed by atoms with Crippen molar-refractivity contribution in [1.29, 1.82) is 0 Å². The number of hydrogen-bond acceptors (Lipinski definition) is 7. The fourth-order valence-electron chi connectivity index (χ4n) is 3.05. The van der Waals surface area contributed by atoms with Gasteiger partial charge < -0.3 is 23.7 Å². The molecule has 2 heterocycles. The van der Waals surface area contributed by atoms with Gasteiger partial charge in [0.2, 0.25) is 5.90 Å². The normalized spacial score (nSPS) is 16.4. The Kier molecular flexibility index (Phi) is 4.95. The van der Waals surface area contributed by atoms with Crippen LogP contribution in [0.15, 0.2) is 58.7 Å². The summed E-state index contributed by atoms with van der Waals surface area (Å²) < 4.78 is 26.8. The van der Waals surface area contributed by atoms with E-state index in [2.05, 4.69) is 4.99 Å². The van der Waals surface area contributed by atoms with Gasteiger partial charge >= 0.3 is 5.97 Å². The van der Waals surface area contributed by atoms with E-state index in [-0.39, 0.29) is 11.6 Å². The van der Waals surface area contributed by atoms with Crippen molar-refractivity contribution in [3.63, 3.8) is 0 Å². The van der Waals surface area contributed by atoms with Gasteiger partial charge in [-0.2, -0.15) is 0 Å². The lowest BCUT2D eigenvalue weighted by Gasteiger charge is -2.16. The van der Waals surface area contributed by atoms with E-state index < -0.39 is 5.97 Å². The third-order valence-electron chi connectivity index (χ3n) is 4.53. The second kappa shape index (κ2) is 7.71. The highest BCUT2D eigenvalue weighted by molar-refractivity contribution is 6.11. The SMILES string of the molecule is COc1ccc2c(c1)OCC(/C=C1/N=C(c3ccc(OC)c(OC)c3)OC1=O)=C2. The minimum Gasteiger partial charge on any atom is -0.497 e. The van der Waals surface area contributed by atoms with Crippen LogP contribution in [0.1, 0.15) is 11.1 Å². The maximum absolute atomic E-state index is 12.3. The third-order valence-corrected chi connectivity index (χ3v) is 4.53. The number of carbonyl (C=O) groups is 1. The molecule has 0 aliphatic carbocycles. The topological polar surface area (TPSA) is 75.6 Å². The van der Waals surface area contributed by atoms with Crippen LogP contribution < -0.4 is 18.9 Å². The summed E-state index contributed by atoms with van der Waals surface area (Å²) >= 11 is 0. The van der Waals surface area contributed by atoms with E-state index in [0.29, 0.717) is 23.7 Å². The van der Waals surface area contributed by atoms with E-state index >= 15 is 0 Å².